The molecule has 0 unspecified atom stereocenters. The van der Waals surface area contributed by atoms with E-state index >= 15 is 0 Å². The van der Waals surface area contributed by atoms with E-state index in [2.05, 4.69) is 16.2 Å². The SMILES string of the molecule is C.CC(=O)NC(=O)OCl. The molecule has 0 aliphatic carbocycles. The lowest BCUT2D eigenvalue weighted by molar-refractivity contribution is -0.118. The third-order valence-electron chi connectivity index (χ3n) is 0.348. The van der Waals surface area contributed by atoms with Crippen LogP contribution in [-0.2, 0) is 9.08 Å². The van der Waals surface area contributed by atoms with Crippen LogP contribution >= 0.6 is 11.9 Å². The Morgan fingerprint density at radius 2 is 2.00 bits per heavy atom. The maximum absolute atomic E-state index is 9.94. The van der Waals surface area contributed by atoms with Crippen LogP contribution < -0.4 is 5.32 Å². The first kappa shape index (κ1) is 11.1. The maximum atomic E-state index is 9.94. The Hall–Kier alpha value is -0.770. The van der Waals surface area contributed by atoms with Gasteiger partial charge in [-0.05, 0) is 0 Å². The second-order valence-corrected chi connectivity index (χ2v) is 1.20. The van der Waals surface area contributed by atoms with Gasteiger partial charge in [0.15, 0.2) is 0 Å². The third kappa shape index (κ3) is 7.23. The van der Waals surface area contributed by atoms with Gasteiger partial charge in [-0.25, -0.2) is 4.79 Å². The van der Waals surface area contributed by atoms with Crippen molar-refractivity contribution in [1.29, 1.82) is 0 Å². The van der Waals surface area contributed by atoms with Crippen molar-refractivity contribution >= 4 is 23.9 Å². The Balaban J connectivity index is 0. The van der Waals surface area contributed by atoms with Crippen molar-refractivity contribution in [2.45, 2.75) is 14.4 Å². The highest BCUT2D eigenvalue weighted by Crippen LogP contribution is 1.79. The van der Waals surface area contributed by atoms with Crippen LogP contribution in [0.4, 0.5) is 4.79 Å². The van der Waals surface area contributed by atoms with E-state index in [-0.39, 0.29) is 7.43 Å². The van der Waals surface area contributed by atoms with Crippen LogP contribution in [0.2, 0.25) is 0 Å². The van der Waals surface area contributed by atoms with E-state index in [0.717, 1.165) is 0 Å². The van der Waals surface area contributed by atoms with Crippen LogP contribution in [0, 0.1) is 0 Å². The standard InChI is InChI=1S/C3H4ClNO3.CH4/c1-2(6)5-3(7)8-4;/h1H3,(H,5,6,7);1H4. The number of carbonyl (C=O) groups is 2. The molecule has 9 heavy (non-hydrogen) atoms. The predicted octanol–water partition coefficient (Wildman–Crippen LogP) is 1.05. The van der Waals surface area contributed by atoms with Gasteiger partial charge in [-0.15, -0.1) is 0 Å². The maximum Gasteiger partial charge on any atom is 0.432 e. The Bertz CT molecular complexity index is 114. The number of rotatable bonds is 0. The zero-order chi connectivity index (χ0) is 6.57. The lowest BCUT2D eigenvalue weighted by atomic mass is 10.7. The van der Waals surface area contributed by atoms with Crippen LogP contribution in [0.5, 0.6) is 0 Å². The molecule has 0 saturated heterocycles. The normalized spacial score (nSPS) is 6.89. The second kappa shape index (κ2) is 5.37. The van der Waals surface area contributed by atoms with E-state index in [1.807, 2.05) is 0 Å². The van der Waals surface area contributed by atoms with Crippen molar-refractivity contribution in [3.8, 4) is 0 Å². The van der Waals surface area contributed by atoms with Gasteiger partial charge in [0.25, 0.3) is 0 Å². The van der Waals surface area contributed by atoms with Gasteiger partial charge in [0, 0.05) is 6.92 Å². The second-order valence-electron chi connectivity index (χ2n) is 1.05. The molecule has 0 aromatic heterocycles. The van der Waals surface area contributed by atoms with E-state index in [1.165, 1.54) is 6.92 Å². The molecule has 2 amide bonds. The summed E-state index contributed by atoms with van der Waals surface area (Å²) in [5.41, 5.74) is 0. The molecule has 54 valence electrons. The van der Waals surface area contributed by atoms with Gasteiger partial charge in [0.2, 0.25) is 5.91 Å². The topological polar surface area (TPSA) is 55.4 Å². The summed E-state index contributed by atoms with van der Waals surface area (Å²) < 4.78 is 3.56. The number of hydrogen-bond acceptors (Lipinski definition) is 3. The molecule has 0 fully saturated rings. The minimum absolute atomic E-state index is 0. The minimum atomic E-state index is -0.959. The summed E-state index contributed by atoms with van der Waals surface area (Å²) in [5, 5.41) is 1.76. The first-order valence-electron chi connectivity index (χ1n) is 1.77. The molecular formula is C4H8ClNO3. The molecule has 4 nitrogen and oxygen atoms in total. The lowest BCUT2D eigenvalue weighted by Crippen LogP contribution is -2.26. The minimum Gasteiger partial charge on any atom is -0.330 e. The monoisotopic (exact) mass is 153 g/mol. The zero-order valence-corrected chi connectivity index (χ0v) is 4.86. The summed E-state index contributed by atoms with van der Waals surface area (Å²) in [6.45, 7) is 1.17. The summed E-state index contributed by atoms with van der Waals surface area (Å²) in [4.78, 5) is 19.9. The summed E-state index contributed by atoms with van der Waals surface area (Å²) in [6.07, 6.45) is -0.959. The van der Waals surface area contributed by atoms with Gasteiger partial charge >= 0.3 is 6.09 Å². The number of amides is 2. The smallest absolute Gasteiger partial charge is 0.330 e. The highest BCUT2D eigenvalue weighted by atomic mass is 35.5. The van der Waals surface area contributed by atoms with Crippen molar-refractivity contribution in [3.05, 3.63) is 0 Å². The van der Waals surface area contributed by atoms with Gasteiger partial charge in [-0.2, -0.15) is 0 Å². The molecule has 0 atom stereocenters. The van der Waals surface area contributed by atoms with E-state index in [0.29, 0.717) is 0 Å². The van der Waals surface area contributed by atoms with Crippen LogP contribution in [0.1, 0.15) is 14.4 Å². The average Bonchev–Trinajstić information content (AvgIpc) is 1.65. The van der Waals surface area contributed by atoms with Crippen LogP contribution in [0.15, 0.2) is 0 Å². The Morgan fingerprint density at radius 1 is 1.56 bits per heavy atom. The molecule has 0 heterocycles. The molecule has 0 aliphatic heterocycles. The van der Waals surface area contributed by atoms with E-state index in [4.69, 9.17) is 0 Å². The van der Waals surface area contributed by atoms with Crippen molar-refractivity contribution in [2.75, 3.05) is 0 Å². The van der Waals surface area contributed by atoms with Gasteiger partial charge in [-0.1, -0.05) is 7.43 Å². The van der Waals surface area contributed by atoms with E-state index < -0.39 is 12.0 Å². The number of imide groups is 1. The number of hydrogen-bond donors (Lipinski definition) is 1. The van der Waals surface area contributed by atoms with Crippen molar-refractivity contribution < 1.29 is 13.9 Å². The quantitative estimate of drug-likeness (QED) is 0.566. The van der Waals surface area contributed by atoms with E-state index in [1.54, 1.807) is 5.32 Å². The first-order valence-corrected chi connectivity index (χ1v) is 2.08. The largest absolute Gasteiger partial charge is 0.432 e. The molecule has 0 aromatic rings. The molecule has 0 bridgehead atoms. The Morgan fingerprint density at radius 3 is 2.11 bits per heavy atom. The molecule has 0 radical (unpaired) electrons. The third-order valence-corrected chi connectivity index (χ3v) is 0.488. The fourth-order valence-electron chi connectivity index (χ4n) is 0.163. The Kier molecular flexibility index (Phi) is 6.61. The Labute approximate surface area is 58.3 Å². The van der Waals surface area contributed by atoms with Gasteiger partial charge in [-0.3, -0.25) is 10.1 Å². The lowest BCUT2D eigenvalue weighted by Gasteiger charge is -1.91. The summed E-state index contributed by atoms with van der Waals surface area (Å²) in [5.74, 6) is -0.504. The number of nitrogens with one attached hydrogen (secondary N) is 1. The highest BCUT2D eigenvalue weighted by molar-refractivity contribution is 6.14. The van der Waals surface area contributed by atoms with Crippen LogP contribution in [0.3, 0.4) is 0 Å². The molecule has 5 heteroatoms. The summed E-state index contributed by atoms with van der Waals surface area (Å²) in [6, 6.07) is 0. The number of carbonyl (C=O) groups excluding carboxylic acids is 2. The highest BCUT2D eigenvalue weighted by Gasteiger charge is 2.00. The molecule has 0 saturated carbocycles. The van der Waals surface area contributed by atoms with Crippen molar-refractivity contribution in [3.63, 3.8) is 0 Å². The zero-order valence-electron chi connectivity index (χ0n) is 4.10. The van der Waals surface area contributed by atoms with Crippen LogP contribution in [-0.4, -0.2) is 12.0 Å². The molecule has 0 aliphatic rings. The fraction of sp³-hybridized carbons (Fsp3) is 0.500. The molecular weight excluding hydrogens is 146 g/mol. The van der Waals surface area contributed by atoms with Gasteiger partial charge in [0.05, 0.1) is 0 Å². The predicted molar refractivity (Wildman–Crippen MR) is 32.9 cm³/mol. The fourth-order valence-corrected chi connectivity index (χ4v) is 0.202. The first-order chi connectivity index (χ1) is 3.66. The molecule has 0 rings (SSSR count). The molecule has 0 aromatic carbocycles. The van der Waals surface area contributed by atoms with E-state index in [9.17, 15) is 9.59 Å². The van der Waals surface area contributed by atoms with Gasteiger partial charge in [0.1, 0.15) is 11.9 Å². The molecule has 1 N–H and O–H groups in total. The van der Waals surface area contributed by atoms with Gasteiger partial charge < -0.3 is 4.29 Å². The summed E-state index contributed by atoms with van der Waals surface area (Å²) in [7, 11) is 0. The average molecular weight is 154 g/mol. The van der Waals surface area contributed by atoms with Crippen LogP contribution in [0.25, 0.3) is 0 Å². The molecule has 0 spiro atoms. The van der Waals surface area contributed by atoms with Crippen molar-refractivity contribution in [1.82, 2.24) is 5.32 Å². The summed E-state index contributed by atoms with van der Waals surface area (Å²) >= 11 is 4.53. The number of halogens is 1. The van der Waals surface area contributed by atoms with Crippen molar-refractivity contribution in [2.24, 2.45) is 0 Å².